The van der Waals surface area contributed by atoms with E-state index in [1.807, 2.05) is 20.8 Å². The van der Waals surface area contributed by atoms with Gasteiger partial charge in [0.15, 0.2) is 0 Å². The van der Waals surface area contributed by atoms with Crippen molar-refractivity contribution in [2.45, 2.75) is 33.6 Å². The van der Waals surface area contributed by atoms with E-state index in [9.17, 15) is 8.78 Å². The molecule has 0 aliphatic carbocycles. The van der Waals surface area contributed by atoms with Gasteiger partial charge in [-0.3, -0.25) is 0 Å². The maximum absolute atomic E-state index is 12.9. The fraction of sp³-hybridized carbons (Fsp3) is 0.333. The molecule has 98 valence electrons. The van der Waals surface area contributed by atoms with Crippen LogP contribution in [-0.2, 0) is 0 Å². The second kappa shape index (κ2) is 5.80. The van der Waals surface area contributed by atoms with Crippen molar-refractivity contribution in [3.8, 4) is 0 Å². The van der Waals surface area contributed by atoms with Gasteiger partial charge < -0.3 is 4.90 Å². The van der Waals surface area contributed by atoms with Gasteiger partial charge in [-0.25, -0.2) is 8.78 Å². The lowest BCUT2D eigenvalue weighted by Crippen LogP contribution is -2.21. The normalized spacial score (nSPS) is 17.4. The highest BCUT2D eigenvalue weighted by Gasteiger charge is 2.21. The molecule has 1 aliphatic heterocycles. The molecule has 1 nitrogen and oxygen atoms in total. The standard InChI is InChI=1S/C15H19F2N/c1-6-10(3)11(4)18-9-14(15(16)17)8-13(7-2)12(18)5/h7-9,15H,2,5-6H2,1,3-4H3/b11-10+. The van der Waals surface area contributed by atoms with Crippen LogP contribution in [0.5, 0.6) is 0 Å². The summed E-state index contributed by atoms with van der Waals surface area (Å²) in [5.41, 5.74) is 3.38. The Morgan fingerprint density at radius 1 is 1.44 bits per heavy atom. The average molecular weight is 251 g/mol. The number of halogens is 2. The zero-order chi connectivity index (χ0) is 13.9. The van der Waals surface area contributed by atoms with Crippen LogP contribution >= 0.6 is 0 Å². The molecule has 0 bridgehead atoms. The van der Waals surface area contributed by atoms with Crippen LogP contribution < -0.4 is 0 Å². The number of rotatable bonds is 4. The van der Waals surface area contributed by atoms with Crippen LogP contribution in [0, 0.1) is 0 Å². The number of alkyl halides is 2. The molecule has 0 unspecified atom stereocenters. The van der Waals surface area contributed by atoms with Gasteiger partial charge in [0.1, 0.15) is 0 Å². The molecule has 0 saturated heterocycles. The zero-order valence-corrected chi connectivity index (χ0v) is 11.1. The summed E-state index contributed by atoms with van der Waals surface area (Å²) in [7, 11) is 0. The molecule has 0 atom stereocenters. The fourth-order valence-electron chi connectivity index (χ4n) is 1.72. The highest BCUT2D eigenvalue weighted by Crippen LogP contribution is 2.30. The average Bonchev–Trinajstić information content (AvgIpc) is 2.36. The van der Waals surface area contributed by atoms with Crippen LogP contribution in [-0.4, -0.2) is 11.3 Å². The predicted molar refractivity (Wildman–Crippen MR) is 72.0 cm³/mol. The van der Waals surface area contributed by atoms with E-state index in [2.05, 4.69) is 13.2 Å². The third kappa shape index (κ3) is 2.78. The molecule has 0 aromatic heterocycles. The van der Waals surface area contributed by atoms with Crippen LogP contribution in [0.1, 0.15) is 27.2 Å². The minimum absolute atomic E-state index is 0.0134. The van der Waals surface area contributed by atoms with Crippen molar-refractivity contribution >= 4 is 0 Å². The lowest BCUT2D eigenvalue weighted by atomic mass is 10.0. The minimum atomic E-state index is -2.50. The molecule has 0 saturated carbocycles. The summed E-state index contributed by atoms with van der Waals surface area (Å²) >= 11 is 0. The minimum Gasteiger partial charge on any atom is -0.321 e. The van der Waals surface area contributed by atoms with Gasteiger partial charge in [-0.05, 0) is 31.9 Å². The van der Waals surface area contributed by atoms with Crippen molar-refractivity contribution in [1.82, 2.24) is 4.90 Å². The molecule has 18 heavy (non-hydrogen) atoms. The molecule has 1 heterocycles. The Balaban J connectivity index is 3.25. The molecule has 0 radical (unpaired) electrons. The van der Waals surface area contributed by atoms with Crippen molar-refractivity contribution in [2.24, 2.45) is 0 Å². The van der Waals surface area contributed by atoms with E-state index in [1.165, 1.54) is 12.3 Å². The molecular formula is C15H19F2N. The monoisotopic (exact) mass is 251 g/mol. The number of hydrogen-bond donors (Lipinski definition) is 0. The van der Waals surface area contributed by atoms with Gasteiger partial charge in [0.2, 0.25) is 0 Å². The highest BCUT2D eigenvalue weighted by molar-refractivity contribution is 5.48. The van der Waals surface area contributed by atoms with E-state index in [4.69, 9.17) is 0 Å². The smallest absolute Gasteiger partial charge is 0.265 e. The highest BCUT2D eigenvalue weighted by atomic mass is 19.3. The summed E-state index contributed by atoms with van der Waals surface area (Å²) in [5, 5.41) is 0. The largest absolute Gasteiger partial charge is 0.321 e. The van der Waals surface area contributed by atoms with Crippen molar-refractivity contribution in [3.05, 3.63) is 59.6 Å². The molecule has 0 fully saturated rings. The number of nitrogens with zero attached hydrogens (tertiary/aromatic N) is 1. The first-order valence-electron chi connectivity index (χ1n) is 5.91. The molecule has 0 aromatic rings. The molecule has 1 rings (SSSR count). The Labute approximate surface area is 107 Å². The second-order valence-electron chi connectivity index (χ2n) is 4.27. The first kappa shape index (κ1) is 14.4. The van der Waals surface area contributed by atoms with E-state index in [1.54, 1.807) is 11.0 Å². The third-order valence-electron chi connectivity index (χ3n) is 3.21. The van der Waals surface area contributed by atoms with Crippen LogP contribution in [0.25, 0.3) is 0 Å². The molecule has 0 amide bonds. The predicted octanol–water partition coefficient (Wildman–Crippen LogP) is 4.78. The fourth-order valence-corrected chi connectivity index (χ4v) is 1.72. The van der Waals surface area contributed by atoms with E-state index in [0.717, 1.165) is 17.7 Å². The first-order chi connectivity index (χ1) is 8.42. The van der Waals surface area contributed by atoms with E-state index >= 15 is 0 Å². The first-order valence-corrected chi connectivity index (χ1v) is 5.91. The molecule has 0 N–H and O–H groups in total. The maximum atomic E-state index is 12.9. The van der Waals surface area contributed by atoms with Gasteiger partial charge in [0, 0.05) is 23.2 Å². The van der Waals surface area contributed by atoms with Gasteiger partial charge in [0.25, 0.3) is 6.43 Å². The van der Waals surface area contributed by atoms with Crippen molar-refractivity contribution in [3.63, 3.8) is 0 Å². The Kier molecular flexibility index (Phi) is 4.65. The van der Waals surface area contributed by atoms with Gasteiger partial charge in [-0.1, -0.05) is 31.7 Å². The maximum Gasteiger partial charge on any atom is 0.265 e. The Bertz CT molecular complexity index is 453. The molecule has 1 aliphatic rings. The third-order valence-corrected chi connectivity index (χ3v) is 3.21. The van der Waals surface area contributed by atoms with Crippen LogP contribution in [0.2, 0.25) is 0 Å². The Morgan fingerprint density at radius 3 is 2.50 bits per heavy atom. The molecule has 3 heteroatoms. The van der Waals surface area contributed by atoms with E-state index in [-0.39, 0.29) is 5.57 Å². The molecule has 0 aromatic carbocycles. The summed E-state index contributed by atoms with van der Waals surface area (Å²) in [5.74, 6) is 0. The number of hydrogen-bond acceptors (Lipinski definition) is 1. The topological polar surface area (TPSA) is 3.24 Å². The van der Waals surface area contributed by atoms with E-state index in [0.29, 0.717) is 11.3 Å². The lowest BCUT2D eigenvalue weighted by molar-refractivity contribution is 0.191. The summed E-state index contributed by atoms with van der Waals surface area (Å²) < 4.78 is 25.7. The Morgan fingerprint density at radius 2 is 2.06 bits per heavy atom. The Hall–Kier alpha value is -1.64. The summed E-state index contributed by atoms with van der Waals surface area (Å²) in [4.78, 5) is 1.72. The van der Waals surface area contributed by atoms with Gasteiger partial charge in [0.05, 0.1) is 0 Å². The summed E-state index contributed by atoms with van der Waals surface area (Å²) in [6, 6.07) is 0. The lowest BCUT2D eigenvalue weighted by Gasteiger charge is -2.30. The van der Waals surface area contributed by atoms with Crippen molar-refractivity contribution < 1.29 is 8.78 Å². The molecule has 0 spiro atoms. The van der Waals surface area contributed by atoms with Gasteiger partial charge in [-0.15, -0.1) is 0 Å². The number of allylic oxidation sites excluding steroid dienone is 5. The zero-order valence-electron chi connectivity index (χ0n) is 11.1. The van der Waals surface area contributed by atoms with Gasteiger partial charge >= 0.3 is 0 Å². The quantitative estimate of drug-likeness (QED) is 0.695. The van der Waals surface area contributed by atoms with Crippen molar-refractivity contribution in [2.75, 3.05) is 0 Å². The van der Waals surface area contributed by atoms with Crippen LogP contribution in [0.4, 0.5) is 8.78 Å². The van der Waals surface area contributed by atoms with E-state index < -0.39 is 6.43 Å². The van der Waals surface area contributed by atoms with Crippen LogP contribution in [0.15, 0.2) is 59.6 Å². The summed E-state index contributed by atoms with van der Waals surface area (Å²) in [6.45, 7) is 13.5. The summed E-state index contributed by atoms with van der Waals surface area (Å²) in [6.07, 6.45) is 2.82. The van der Waals surface area contributed by atoms with Gasteiger partial charge in [-0.2, -0.15) is 0 Å². The van der Waals surface area contributed by atoms with Crippen molar-refractivity contribution in [1.29, 1.82) is 0 Å². The molecular weight excluding hydrogens is 232 g/mol. The SMILES string of the molecule is C=CC1=CC(C(F)F)=CN(/C(C)=C(\C)CC)C1=C. The van der Waals surface area contributed by atoms with Crippen LogP contribution in [0.3, 0.4) is 0 Å². The second-order valence-corrected chi connectivity index (χ2v) is 4.27.